The van der Waals surface area contributed by atoms with Gasteiger partial charge < -0.3 is 19.7 Å². The first-order valence-electron chi connectivity index (χ1n) is 9.38. The summed E-state index contributed by atoms with van der Waals surface area (Å²) in [4.78, 5) is 21.2. The third-order valence-electron chi connectivity index (χ3n) is 4.79. The van der Waals surface area contributed by atoms with E-state index < -0.39 is 0 Å². The molecule has 10 heteroatoms. The fraction of sp³-hybridized carbons (Fsp3) is 0.474. The highest BCUT2D eigenvalue weighted by molar-refractivity contribution is 14.0. The lowest BCUT2D eigenvalue weighted by Crippen LogP contribution is -2.54. The Labute approximate surface area is 193 Å². The summed E-state index contributed by atoms with van der Waals surface area (Å²) in [6, 6.07) is 7.61. The van der Waals surface area contributed by atoms with E-state index in [-0.39, 0.29) is 29.9 Å². The number of amides is 1. The minimum atomic E-state index is 0. The van der Waals surface area contributed by atoms with Crippen LogP contribution in [0.4, 0.5) is 0 Å². The van der Waals surface area contributed by atoms with Crippen molar-refractivity contribution in [3.8, 4) is 0 Å². The van der Waals surface area contributed by atoms with Crippen molar-refractivity contribution in [3.63, 3.8) is 0 Å². The molecular weight excluding hydrogens is 505 g/mol. The molecule has 158 valence electrons. The fourth-order valence-corrected chi connectivity index (χ4v) is 3.15. The molecule has 0 atom stereocenters. The number of guanidine groups is 1. The van der Waals surface area contributed by atoms with Gasteiger partial charge in [-0.15, -0.1) is 34.2 Å². The number of aromatic nitrogens is 3. The second-order valence-electron chi connectivity index (χ2n) is 6.76. The molecule has 29 heavy (non-hydrogen) atoms. The molecule has 1 aromatic heterocycles. The van der Waals surface area contributed by atoms with Crippen LogP contribution in [0.25, 0.3) is 0 Å². The number of nitrogens with zero attached hydrogens (tertiary/aromatic N) is 6. The number of hydrogen-bond donors (Lipinski definition) is 1. The summed E-state index contributed by atoms with van der Waals surface area (Å²) in [5.41, 5.74) is 1.07. The molecule has 1 aliphatic rings. The molecular formula is C19H27ClIN7O. The Bertz CT molecular complexity index is 853. The lowest BCUT2D eigenvalue weighted by molar-refractivity contribution is -0.135. The predicted octanol–water partition coefficient (Wildman–Crippen LogP) is 2.20. The smallest absolute Gasteiger partial charge is 0.242 e. The van der Waals surface area contributed by atoms with Crippen LogP contribution in [0, 0.1) is 6.92 Å². The van der Waals surface area contributed by atoms with E-state index >= 15 is 0 Å². The maximum Gasteiger partial charge on any atom is 0.242 e. The molecule has 8 nitrogen and oxygen atoms in total. The van der Waals surface area contributed by atoms with Crippen molar-refractivity contribution in [1.29, 1.82) is 0 Å². The second-order valence-corrected chi connectivity index (χ2v) is 7.19. The molecule has 1 N–H and O–H groups in total. The van der Waals surface area contributed by atoms with Gasteiger partial charge >= 0.3 is 0 Å². The Kier molecular flexibility index (Phi) is 8.69. The monoisotopic (exact) mass is 531 g/mol. The van der Waals surface area contributed by atoms with Gasteiger partial charge in [-0.05, 0) is 31.5 Å². The lowest BCUT2D eigenvalue weighted by Gasteiger charge is -2.36. The molecule has 0 spiro atoms. The molecule has 3 rings (SSSR count). The van der Waals surface area contributed by atoms with Crippen molar-refractivity contribution in [1.82, 2.24) is 29.9 Å². The maximum atomic E-state index is 12.7. The summed E-state index contributed by atoms with van der Waals surface area (Å²) in [5, 5.41) is 12.2. The first-order chi connectivity index (χ1) is 13.5. The van der Waals surface area contributed by atoms with Crippen molar-refractivity contribution in [3.05, 3.63) is 46.5 Å². The van der Waals surface area contributed by atoms with Gasteiger partial charge in [0.15, 0.2) is 11.8 Å². The Morgan fingerprint density at radius 2 is 1.97 bits per heavy atom. The van der Waals surface area contributed by atoms with Crippen molar-refractivity contribution in [2.45, 2.75) is 26.9 Å². The van der Waals surface area contributed by atoms with E-state index in [1.807, 2.05) is 59.5 Å². The van der Waals surface area contributed by atoms with E-state index in [2.05, 4.69) is 20.5 Å². The largest absolute Gasteiger partial charge is 0.356 e. The number of halogens is 2. The van der Waals surface area contributed by atoms with Crippen LogP contribution in [0.1, 0.15) is 24.1 Å². The standard InChI is InChI=1S/C19H26ClN7O.HI/c1-4-21-19(22-11-17-24-23-14(2)25(17)3)27-10-9-26(18(28)13-27)12-15-5-7-16(20)8-6-15;/h5-8H,4,9-13H2,1-3H3,(H,21,22);1H. The van der Waals surface area contributed by atoms with E-state index in [1.54, 1.807) is 0 Å². The van der Waals surface area contributed by atoms with E-state index in [1.165, 1.54) is 0 Å². The van der Waals surface area contributed by atoms with Gasteiger partial charge in [0.2, 0.25) is 5.91 Å². The molecule has 1 saturated heterocycles. The van der Waals surface area contributed by atoms with Gasteiger partial charge in [-0.25, -0.2) is 4.99 Å². The van der Waals surface area contributed by atoms with Crippen molar-refractivity contribution < 1.29 is 4.79 Å². The zero-order chi connectivity index (χ0) is 20.1. The van der Waals surface area contributed by atoms with Crippen LogP contribution in [0.15, 0.2) is 29.3 Å². The quantitative estimate of drug-likeness (QED) is 0.364. The summed E-state index contributed by atoms with van der Waals surface area (Å²) in [6.07, 6.45) is 0. The van der Waals surface area contributed by atoms with Crippen molar-refractivity contribution in [2.24, 2.45) is 12.0 Å². The third kappa shape index (κ3) is 6.05. The van der Waals surface area contributed by atoms with Crippen molar-refractivity contribution >= 4 is 47.4 Å². The van der Waals surface area contributed by atoms with Crippen molar-refractivity contribution in [2.75, 3.05) is 26.2 Å². The number of nitrogens with one attached hydrogen (secondary N) is 1. The first kappa shape index (κ1) is 23.4. The first-order valence-corrected chi connectivity index (χ1v) is 9.76. The van der Waals surface area contributed by atoms with Crippen LogP contribution in [0.3, 0.4) is 0 Å². The number of hydrogen-bond acceptors (Lipinski definition) is 4. The summed E-state index contributed by atoms with van der Waals surface area (Å²) in [5.74, 6) is 2.45. The molecule has 0 saturated carbocycles. The van der Waals surface area contributed by atoms with Crippen LogP contribution < -0.4 is 5.32 Å². The Balaban J connectivity index is 0.00000300. The van der Waals surface area contributed by atoms with Gasteiger partial charge in [0, 0.05) is 38.2 Å². The van der Waals surface area contributed by atoms with Crippen LogP contribution in [0.2, 0.25) is 5.02 Å². The fourth-order valence-electron chi connectivity index (χ4n) is 3.03. The maximum absolute atomic E-state index is 12.7. The van der Waals surface area contributed by atoms with Gasteiger partial charge in [0.1, 0.15) is 12.4 Å². The Hall–Kier alpha value is -1.88. The summed E-state index contributed by atoms with van der Waals surface area (Å²) in [7, 11) is 1.92. The topological polar surface area (TPSA) is 78.7 Å². The van der Waals surface area contributed by atoms with Crippen LogP contribution >= 0.6 is 35.6 Å². The molecule has 1 fully saturated rings. The SMILES string of the molecule is CCNC(=NCc1nnc(C)n1C)N1CCN(Cc2ccc(Cl)cc2)C(=O)C1.I. The van der Waals surface area contributed by atoms with Gasteiger partial charge in [0.25, 0.3) is 0 Å². The highest BCUT2D eigenvalue weighted by Gasteiger charge is 2.26. The van der Waals surface area contributed by atoms with E-state index in [9.17, 15) is 4.79 Å². The predicted molar refractivity (Wildman–Crippen MR) is 124 cm³/mol. The molecule has 0 radical (unpaired) electrons. The summed E-state index contributed by atoms with van der Waals surface area (Å²) in [6.45, 7) is 7.34. The van der Waals surface area contributed by atoms with Gasteiger partial charge in [-0.1, -0.05) is 23.7 Å². The molecule has 1 aliphatic heterocycles. The number of benzene rings is 1. The van der Waals surface area contributed by atoms with E-state index in [0.29, 0.717) is 31.2 Å². The molecule has 2 heterocycles. The average Bonchev–Trinajstić information content (AvgIpc) is 3.00. The second kappa shape index (κ2) is 10.8. The number of piperazine rings is 1. The average molecular weight is 532 g/mol. The Morgan fingerprint density at radius 1 is 1.24 bits per heavy atom. The third-order valence-corrected chi connectivity index (χ3v) is 5.04. The van der Waals surface area contributed by atoms with E-state index in [4.69, 9.17) is 11.6 Å². The van der Waals surface area contributed by atoms with E-state index in [0.717, 1.165) is 36.3 Å². The number of aryl methyl sites for hydroxylation is 1. The Morgan fingerprint density at radius 3 is 2.55 bits per heavy atom. The van der Waals surface area contributed by atoms with Gasteiger partial charge in [0.05, 0.1) is 6.54 Å². The minimum absolute atomic E-state index is 0. The summed E-state index contributed by atoms with van der Waals surface area (Å²) < 4.78 is 1.92. The van der Waals surface area contributed by atoms with Crippen LogP contribution in [0.5, 0.6) is 0 Å². The highest BCUT2D eigenvalue weighted by atomic mass is 127. The van der Waals surface area contributed by atoms with Crippen LogP contribution in [-0.2, 0) is 24.9 Å². The lowest BCUT2D eigenvalue weighted by atomic mass is 10.2. The minimum Gasteiger partial charge on any atom is -0.356 e. The molecule has 1 aromatic carbocycles. The zero-order valence-electron chi connectivity index (χ0n) is 16.9. The molecule has 1 amide bonds. The molecule has 2 aromatic rings. The highest BCUT2D eigenvalue weighted by Crippen LogP contribution is 2.14. The summed E-state index contributed by atoms with van der Waals surface area (Å²) >= 11 is 5.93. The van der Waals surface area contributed by atoms with Gasteiger partial charge in [-0.3, -0.25) is 4.79 Å². The van der Waals surface area contributed by atoms with Gasteiger partial charge in [-0.2, -0.15) is 0 Å². The zero-order valence-corrected chi connectivity index (χ0v) is 20.0. The number of rotatable bonds is 5. The normalized spacial score (nSPS) is 14.8. The van der Waals surface area contributed by atoms with Crippen LogP contribution in [-0.4, -0.2) is 62.6 Å². The number of aliphatic imine (C=N–C) groups is 1. The molecule has 0 unspecified atom stereocenters. The number of carbonyl (C=O) groups excluding carboxylic acids is 1. The molecule has 0 aliphatic carbocycles. The molecule has 0 bridgehead atoms. The number of carbonyl (C=O) groups is 1.